The summed E-state index contributed by atoms with van der Waals surface area (Å²) in [6, 6.07) is 8.82. The van der Waals surface area contributed by atoms with Gasteiger partial charge in [-0.15, -0.1) is 0 Å². The molecule has 1 aromatic carbocycles. The molecule has 0 heterocycles. The van der Waals surface area contributed by atoms with Gasteiger partial charge in [-0.2, -0.15) is 0 Å². The first-order valence-electron chi connectivity index (χ1n) is 4.30. The molecule has 1 atom stereocenters. The van der Waals surface area contributed by atoms with Crippen LogP contribution in [0, 0.1) is 0 Å². The maximum absolute atomic E-state index is 2.27. The van der Waals surface area contributed by atoms with E-state index in [2.05, 4.69) is 46.0 Å². The smallest absolute Gasteiger partial charge is 0.0889 e. The molecule has 0 saturated heterocycles. The van der Waals surface area contributed by atoms with Gasteiger partial charge in [0.1, 0.15) is 7.85 Å². The standard InChI is InChI=1S/C10H15B/c1-3-8(2)9-4-6-10(11)7-5-9/h4-8H,3,11H2,1-2H3. The number of hydrogen-bond donors (Lipinski definition) is 0. The van der Waals surface area contributed by atoms with E-state index in [0.717, 1.165) is 0 Å². The first kappa shape index (κ1) is 8.38. The lowest BCUT2D eigenvalue weighted by Crippen LogP contribution is -2.01. The normalized spacial score (nSPS) is 12.9. The molecule has 0 nitrogen and oxygen atoms in total. The average Bonchev–Trinajstić information content (AvgIpc) is 2.05. The molecule has 0 bridgehead atoms. The SMILES string of the molecule is Bc1ccc(C(C)CC)cc1. The molecule has 0 aliphatic rings. The predicted molar refractivity (Wildman–Crippen MR) is 53.3 cm³/mol. The summed E-state index contributed by atoms with van der Waals surface area (Å²) in [7, 11) is 2.13. The fourth-order valence-corrected chi connectivity index (χ4v) is 1.13. The minimum Gasteiger partial charge on any atom is -0.0889 e. The summed E-state index contributed by atoms with van der Waals surface area (Å²) in [6.45, 7) is 4.50. The van der Waals surface area contributed by atoms with Crippen LogP contribution in [-0.2, 0) is 0 Å². The van der Waals surface area contributed by atoms with E-state index in [1.54, 1.807) is 0 Å². The summed E-state index contributed by atoms with van der Waals surface area (Å²) in [5.41, 5.74) is 2.80. The minimum atomic E-state index is 0.704. The van der Waals surface area contributed by atoms with Crippen LogP contribution in [0.2, 0.25) is 0 Å². The van der Waals surface area contributed by atoms with Crippen LogP contribution in [0.1, 0.15) is 31.7 Å². The van der Waals surface area contributed by atoms with Crippen LogP contribution in [0.25, 0.3) is 0 Å². The quantitative estimate of drug-likeness (QED) is 0.554. The molecule has 0 spiro atoms. The van der Waals surface area contributed by atoms with Gasteiger partial charge in [-0.3, -0.25) is 0 Å². The van der Waals surface area contributed by atoms with Crippen LogP contribution in [0.4, 0.5) is 0 Å². The van der Waals surface area contributed by atoms with Crippen molar-refractivity contribution in [1.82, 2.24) is 0 Å². The summed E-state index contributed by atoms with van der Waals surface area (Å²) >= 11 is 0. The van der Waals surface area contributed by atoms with Gasteiger partial charge in [0.15, 0.2) is 0 Å². The Morgan fingerprint density at radius 2 is 1.82 bits per heavy atom. The number of rotatable bonds is 2. The first-order chi connectivity index (χ1) is 5.24. The molecule has 0 fully saturated rings. The first-order valence-corrected chi connectivity index (χ1v) is 4.30. The topological polar surface area (TPSA) is 0 Å². The monoisotopic (exact) mass is 146 g/mol. The molecule has 1 unspecified atom stereocenters. The van der Waals surface area contributed by atoms with E-state index in [1.807, 2.05) is 0 Å². The zero-order chi connectivity index (χ0) is 8.27. The van der Waals surface area contributed by atoms with E-state index in [-0.39, 0.29) is 0 Å². The fraction of sp³-hybridized carbons (Fsp3) is 0.400. The van der Waals surface area contributed by atoms with Crippen molar-refractivity contribution in [2.24, 2.45) is 0 Å². The molecule has 0 radical (unpaired) electrons. The van der Waals surface area contributed by atoms with Gasteiger partial charge in [0, 0.05) is 0 Å². The predicted octanol–water partition coefficient (Wildman–Crippen LogP) is 1.46. The summed E-state index contributed by atoms with van der Waals surface area (Å²) in [4.78, 5) is 0. The molecule has 58 valence electrons. The van der Waals surface area contributed by atoms with Gasteiger partial charge in [-0.1, -0.05) is 43.6 Å². The maximum Gasteiger partial charge on any atom is 0.139 e. The van der Waals surface area contributed by atoms with Gasteiger partial charge in [0.05, 0.1) is 0 Å². The van der Waals surface area contributed by atoms with Gasteiger partial charge < -0.3 is 0 Å². The molecule has 0 N–H and O–H groups in total. The van der Waals surface area contributed by atoms with Crippen LogP contribution in [0.3, 0.4) is 0 Å². The Morgan fingerprint density at radius 1 is 1.27 bits per heavy atom. The minimum absolute atomic E-state index is 0.704. The van der Waals surface area contributed by atoms with Crippen molar-refractivity contribution < 1.29 is 0 Å². The molecule has 0 aliphatic carbocycles. The van der Waals surface area contributed by atoms with E-state index in [9.17, 15) is 0 Å². The Hall–Kier alpha value is -0.715. The molecule has 0 saturated carbocycles. The number of benzene rings is 1. The Morgan fingerprint density at radius 3 is 2.27 bits per heavy atom. The zero-order valence-electron chi connectivity index (χ0n) is 7.59. The fourth-order valence-electron chi connectivity index (χ4n) is 1.13. The maximum atomic E-state index is 2.27. The van der Waals surface area contributed by atoms with E-state index in [4.69, 9.17) is 0 Å². The second-order valence-electron chi connectivity index (χ2n) is 3.22. The summed E-state index contributed by atoms with van der Waals surface area (Å²) in [5.74, 6) is 0.704. The third-order valence-corrected chi connectivity index (χ3v) is 2.26. The van der Waals surface area contributed by atoms with Crippen molar-refractivity contribution in [3.05, 3.63) is 29.8 Å². The Labute approximate surface area is 70.0 Å². The lowest BCUT2D eigenvalue weighted by atomic mass is 9.91. The van der Waals surface area contributed by atoms with E-state index >= 15 is 0 Å². The number of hydrogen-bond acceptors (Lipinski definition) is 0. The van der Waals surface area contributed by atoms with Gasteiger partial charge in [-0.05, 0) is 17.9 Å². The Bertz CT molecular complexity index is 213. The largest absolute Gasteiger partial charge is 0.139 e. The van der Waals surface area contributed by atoms with Crippen molar-refractivity contribution in [2.75, 3.05) is 0 Å². The van der Waals surface area contributed by atoms with Crippen molar-refractivity contribution in [2.45, 2.75) is 26.2 Å². The summed E-state index contributed by atoms with van der Waals surface area (Å²) in [6.07, 6.45) is 1.23. The third-order valence-electron chi connectivity index (χ3n) is 2.26. The molecule has 11 heavy (non-hydrogen) atoms. The van der Waals surface area contributed by atoms with Crippen molar-refractivity contribution in [1.29, 1.82) is 0 Å². The summed E-state index contributed by atoms with van der Waals surface area (Å²) in [5, 5.41) is 0. The van der Waals surface area contributed by atoms with Crippen LogP contribution < -0.4 is 5.46 Å². The van der Waals surface area contributed by atoms with Crippen molar-refractivity contribution in [3.63, 3.8) is 0 Å². The molecule has 0 aliphatic heterocycles. The Kier molecular flexibility index (Phi) is 2.75. The highest BCUT2D eigenvalue weighted by atomic mass is 14.0. The van der Waals surface area contributed by atoms with Gasteiger partial charge in [0.2, 0.25) is 0 Å². The Balaban J connectivity index is 2.81. The van der Waals surface area contributed by atoms with E-state index in [1.165, 1.54) is 17.4 Å². The van der Waals surface area contributed by atoms with E-state index in [0.29, 0.717) is 5.92 Å². The molecule has 1 heteroatoms. The third kappa shape index (κ3) is 2.11. The summed E-state index contributed by atoms with van der Waals surface area (Å²) < 4.78 is 0. The average molecular weight is 146 g/mol. The highest BCUT2D eigenvalue weighted by Gasteiger charge is 2.00. The molecule has 0 amide bonds. The van der Waals surface area contributed by atoms with Crippen molar-refractivity contribution >= 4 is 13.3 Å². The van der Waals surface area contributed by atoms with Crippen LogP contribution in [0.5, 0.6) is 0 Å². The second kappa shape index (κ2) is 3.61. The highest BCUT2D eigenvalue weighted by Crippen LogP contribution is 2.16. The zero-order valence-corrected chi connectivity index (χ0v) is 7.59. The van der Waals surface area contributed by atoms with Gasteiger partial charge in [0.25, 0.3) is 0 Å². The van der Waals surface area contributed by atoms with Crippen LogP contribution in [-0.4, -0.2) is 7.85 Å². The van der Waals surface area contributed by atoms with Crippen LogP contribution >= 0.6 is 0 Å². The van der Waals surface area contributed by atoms with Crippen LogP contribution in [0.15, 0.2) is 24.3 Å². The molecular weight excluding hydrogens is 131 g/mol. The highest BCUT2D eigenvalue weighted by molar-refractivity contribution is 6.32. The lowest BCUT2D eigenvalue weighted by molar-refractivity contribution is 0.734. The lowest BCUT2D eigenvalue weighted by Gasteiger charge is -2.08. The molecule has 1 aromatic rings. The molecular formula is C10H15B. The van der Waals surface area contributed by atoms with Gasteiger partial charge >= 0.3 is 0 Å². The molecule has 0 aromatic heterocycles. The van der Waals surface area contributed by atoms with Gasteiger partial charge in [-0.25, -0.2) is 0 Å². The van der Waals surface area contributed by atoms with Crippen molar-refractivity contribution in [3.8, 4) is 0 Å². The van der Waals surface area contributed by atoms with E-state index < -0.39 is 0 Å². The molecule has 1 rings (SSSR count). The second-order valence-corrected chi connectivity index (χ2v) is 3.22.